The van der Waals surface area contributed by atoms with Gasteiger partial charge in [-0.05, 0) is 41.6 Å². The van der Waals surface area contributed by atoms with Crippen LogP contribution in [0, 0.1) is 22.7 Å². The zero-order valence-corrected chi connectivity index (χ0v) is 22.2. The van der Waals surface area contributed by atoms with E-state index in [-0.39, 0.29) is 37.8 Å². The Hall–Kier alpha value is -3.15. The van der Waals surface area contributed by atoms with E-state index in [0.717, 1.165) is 11.8 Å². The Bertz CT molecular complexity index is 1150. The third-order valence-electron chi connectivity index (χ3n) is 6.56. The largest absolute Gasteiger partial charge is 0.471 e. The number of fused-ring (bicyclic) bond motifs is 1. The van der Waals surface area contributed by atoms with E-state index in [1.165, 1.54) is 11.9 Å². The normalized spacial score (nSPS) is 22.8. The number of rotatable bonds is 6. The second kappa shape index (κ2) is 10.3. The fourth-order valence-electron chi connectivity index (χ4n) is 4.68. The second-order valence-electron chi connectivity index (χ2n) is 9.85. The van der Waals surface area contributed by atoms with E-state index in [1.807, 2.05) is 0 Å². The van der Waals surface area contributed by atoms with Gasteiger partial charge < -0.3 is 20.4 Å². The molecule has 15 heteroatoms. The maximum atomic E-state index is 13.7. The molecule has 2 aliphatic rings. The summed E-state index contributed by atoms with van der Waals surface area (Å²) >= 11 is 3.25. The maximum absolute atomic E-state index is 13.7. The summed E-state index contributed by atoms with van der Waals surface area (Å²) in [6.07, 6.45) is -4.98. The van der Waals surface area contributed by atoms with Crippen LogP contribution in [0.25, 0.3) is 0 Å². The number of likely N-dealkylation sites (N-methyl/N-ethyl adjacent to an activating group) is 1. The number of halogens is 4. The number of carbonyl (C=O) groups excluding carboxylic acids is 4. The average molecular weight is 590 g/mol. The monoisotopic (exact) mass is 589 g/mol. The van der Waals surface area contributed by atoms with E-state index >= 15 is 0 Å². The molecule has 1 spiro atoms. The Morgan fingerprint density at radius 1 is 1.35 bits per heavy atom. The number of likely N-dealkylation sites (tertiary alicyclic amines) is 1. The molecule has 1 saturated heterocycles. The van der Waals surface area contributed by atoms with Gasteiger partial charge in [-0.2, -0.15) is 23.5 Å². The van der Waals surface area contributed by atoms with Gasteiger partial charge in [0, 0.05) is 19.7 Å². The Morgan fingerprint density at radius 2 is 2.00 bits per heavy atom. The van der Waals surface area contributed by atoms with Crippen molar-refractivity contribution in [1.82, 2.24) is 24.9 Å². The molecule has 0 radical (unpaired) electrons. The Balaban J connectivity index is 1.84. The van der Waals surface area contributed by atoms with Gasteiger partial charge in [-0.15, -0.1) is 0 Å². The summed E-state index contributed by atoms with van der Waals surface area (Å²) < 4.78 is 40.0. The number of hydrogen-bond acceptors (Lipinski definition) is 6. The van der Waals surface area contributed by atoms with Gasteiger partial charge >= 0.3 is 12.1 Å². The molecule has 4 amide bonds. The zero-order valence-electron chi connectivity index (χ0n) is 20.6. The van der Waals surface area contributed by atoms with E-state index in [2.05, 4.69) is 32.4 Å². The topological polar surface area (TPSA) is 140 Å². The van der Waals surface area contributed by atoms with Crippen molar-refractivity contribution in [1.29, 1.82) is 5.26 Å². The zero-order chi connectivity index (χ0) is 27.9. The quantitative estimate of drug-likeness (QED) is 0.517. The minimum absolute atomic E-state index is 0.0437. The van der Waals surface area contributed by atoms with Gasteiger partial charge in [0.25, 0.3) is 0 Å². The van der Waals surface area contributed by atoms with Gasteiger partial charge in [-0.3, -0.25) is 19.2 Å². The van der Waals surface area contributed by atoms with Crippen LogP contribution in [0.4, 0.5) is 19.0 Å². The highest BCUT2D eigenvalue weighted by Crippen LogP contribution is 2.41. The first-order valence-electron chi connectivity index (χ1n) is 11.5. The summed E-state index contributed by atoms with van der Waals surface area (Å²) in [5, 5.41) is 18.5. The predicted octanol–water partition coefficient (Wildman–Crippen LogP) is 1.65. The first-order valence-corrected chi connectivity index (χ1v) is 12.3. The molecule has 37 heavy (non-hydrogen) atoms. The lowest BCUT2D eigenvalue weighted by atomic mass is 9.83. The minimum atomic E-state index is -5.17. The van der Waals surface area contributed by atoms with Gasteiger partial charge in [0.2, 0.25) is 17.7 Å². The number of hydrogen-bond donors (Lipinski definition) is 2. The lowest BCUT2D eigenvalue weighted by Crippen LogP contribution is -2.56. The van der Waals surface area contributed by atoms with Crippen LogP contribution in [0.3, 0.4) is 0 Å². The van der Waals surface area contributed by atoms with Crippen molar-refractivity contribution in [2.45, 2.75) is 64.5 Å². The predicted molar refractivity (Wildman–Crippen MR) is 126 cm³/mol. The van der Waals surface area contributed by atoms with Crippen molar-refractivity contribution >= 4 is 45.4 Å². The minimum Gasteiger partial charge on any atom is -0.337 e. The molecular weight excluding hydrogens is 563 g/mol. The summed E-state index contributed by atoms with van der Waals surface area (Å²) in [5.41, 5.74) is -1.13. The molecule has 4 atom stereocenters. The molecular formula is C22H27BrF3N7O4. The van der Waals surface area contributed by atoms with Crippen molar-refractivity contribution < 1.29 is 32.3 Å². The molecule has 1 unspecified atom stereocenters. The molecule has 3 rings (SSSR count). The van der Waals surface area contributed by atoms with Crippen LogP contribution in [0.1, 0.15) is 33.6 Å². The molecule has 3 heterocycles. The van der Waals surface area contributed by atoms with E-state index < -0.39 is 47.4 Å². The Labute approximate surface area is 219 Å². The first-order chi connectivity index (χ1) is 17.1. The number of anilines is 1. The van der Waals surface area contributed by atoms with E-state index in [0.29, 0.717) is 10.4 Å². The summed E-state index contributed by atoms with van der Waals surface area (Å²) in [6.45, 7) is 4.71. The molecule has 2 N–H and O–H groups in total. The van der Waals surface area contributed by atoms with Crippen LogP contribution in [0.5, 0.6) is 0 Å². The molecule has 0 aliphatic carbocycles. The van der Waals surface area contributed by atoms with Gasteiger partial charge in [0.15, 0.2) is 0 Å². The summed E-state index contributed by atoms with van der Waals surface area (Å²) in [5.74, 6) is -3.78. The van der Waals surface area contributed by atoms with E-state index in [1.54, 1.807) is 29.9 Å². The number of amides is 4. The standard InChI is InChI=1S/C22H27BrF3N7O4/c1-11(2)5-14(31(4)17(34)12(3)28-20(37)22(24,25)26)18(35)32-9-21(7-13(32)8-27)10-33-16(29-19(21)36)6-15(23)30-33/h6,11-14H,5,7,9-10H2,1-4H3,(H,28,37)(H,29,36)/t12-,13-,14-,21?/m0/s1. The van der Waals surface area contributed by atoms with Crippen molar-refractivity contribution in [2.24, 2.45) is 11.3 Å². The van der Waals surface area contributed by atoms with Gasteiger partial charge in [-0.25, -0.2) is 4.68 Å². The molecule has 2 aliphatic heterocycles. The van der Waals surface area contributed by atoms with Crippen LogP contribution >= 0.6 is 15.9 Å². The summed E-state index contributed by atoms with van der Waals surface area (Å²) in [6, 6.07) is 0.0224. The van der Waals surface area contributed by atoms with Gasteiger partial charge in [0.05, 0.1) is 18.0 Å². The van der Waals surface area contributed by atoms with E-state index in [9.17, 15) is 37.6 Å². The van der Waals surface area contributed by atoms with Crippen molar-refractivity contribution in [3.63, 3.8) is 0 Å². The van der Waals surface area contributed by atoms with Crippen molar-refractivity contribution in [2.75, 3.05) is 18.9 Å². The van der Waals surface area contributed by atoms with Crippen LogP contribution in [0.15, 0.2) is 10.7 Å². The summed E-state index contributed by atoms with van der Waals surface area (Å²) in [7, 11) is 1.26. The van der Waals surface area contributed by atoms with Gasteiger partial charge in [0.1, 0.15) is 28.5 Å². The molecule has 1 aromatic rings. The second-order valence-corrected chi connectivity index (χ2v) is 10.7. The van der Waals surface area contributed by atoms with Crippen molar-refractivity contribution in [3.05, 3.63) is 10.7 Å². The molecule has 11 nitrogen and oxygen atoms in total. The lowest BCUT2D eigenvalue weighted by molar-refractivity contribution is -0.175. The Kier molecular flexibility index (Phi) is 7.92. The number of nitriles is 1. The number of carbonyl (C=O) groups is 4. The molecule has 0 aromatic carbocycles. The Morgan fingerprint density at radius 3 is 2.57 bits per heavy atom. The lowest BCUT2D eigenvalue weighted by Gasteiger charge is -2.35. The fraction of sp³-hybridized carbons (Fsp3) is 0.636. The third-order valence-corrected chi connectivity index (χ3v) is 6.95. The number of nitrogens with zero attached hydrogens (tertiary/aromatic N) is 5. The molecule has 202 valence electrons. The van der Waals surface area contributed by atoms with Crippen molar-refractivity contribution in [3.8, 4) is 6.07 Å². The fourth-order valence-corrected chi connectivity index (χ4v) is 5.09. The number of nitrogens with one attached hydrogen (secondary N) is 2. The molecule has 1 aromatic heterocycles. The number of alkyl halides is 3. The molecule has 0 saturated carbocycles. The van der Waals surface area contributed by atoms with Crippen LogP contribution in [-0.2, 0) is 25.7 Å². The molecule has 1 fully saturated rings. The van der Waals surface area contributed by atoms with E-state index in [4.69, 9.17) is 0 Å². The number of aromatic nitrogens is 2. The first kappa shape index (κ1) is 28.4. The third kappa shape index (κ3) is 5.73. The smallest absolute Gasteiger partial charge is 0.337 e. The highest BCUT2D eigenvalue weighted by atomic mass is 79.9. The highest BCUT2D eigenvalue weighted by Gasteiger charge is 2.54. The van der Waals surface area contributed by atoms with Crippen LogP contribution in [0.2, 0.25) is 0 Å². The molecule has 0 bridgehead atoms. The van der Waals surface area contributed by atoms with Crippen LogP contribution in [-0.4, -0.2) is 81.1 Å². The van der Waals surface area contributed by atoms with Crippen LogP contribution < -0.4 is 10.6 Å². The average Bonchev–Trinajstić information content (AvgIpc) is 3.35. The maximum Gasteiger partial charge on any atom is 0.471 e. The SMILES string of the molecule is CC(C)C[C@@H](C(=O)N1CC2(C[C@H]1C#N)Cn1nc(Br)cc1NC2=O)N(C)C(=O)[C@H](C)NC(=O)C(F)(F)F. The summed E-state index contributed by atoms with van der Waals surface area (Å²) in [4.78, 5) is 53.3. The highest BCUT2D eigenvalue weighted by molar-refractivity contribution is 9.10. The van der Waals surface area contributed by atoms with Gasteiger partial charge in [-0.1, -0.05) is 13.8 Å².